The van der Waals surface area contributed by atoms with Gasteiger partial charge in [0.2, 0.25) is 10.0 Å². The highest BCUT2D eigenvalue weighted by atomic mass is 32.2. The van der Waals surface area contributed by atoms with Gasteiger partial charge in [-0.25, -0.2) is 13.1 Å². The van der Waals surface area contributed by atoms with Crippen LogP contribution in [0.15, 0.2) is 17.3 Å². The minimum atomic E-state index is -3.51. The van der Waals surface area contributed by atoms with Crippen molar-refractivity contribution in [2.24, 2.45) is 13.0 Å². The van der Waals surface area contributed by atoms with E-state index in [9.17, 15) is 8.42 Å². The van der Waals surface area contributed by atoms with Gasteiger partial charge in [-0.3, -0.25) is 9.58 Å². The van der Waals surface area contributed by atoms with Gasteiger partial charge in [0.15, 0.2) is 0 Å². The Hall–Kier alpha value is -0.960. The third kappa shape index (κ3) is 4.77. The molecule has 2 rings (SSSR count). The molecule has 21 heavy (non-hydrogen) atoms. The van der Waals surface area contributed by atoms with Crippen molar-refractivity contribution < 1.29 is 13.2 Å². The molecule has 1 N–H and O–H groups in total. The summed E-state index contributed by atoms with van der Waals surface area (Å²) >= 11 is 0. The van der Waals surface area contributed by atoms with Crippen LogP contribution in [0.1, 0.15) is 13.8 Å². The Morgan fingerprint density at radius 1 is 1.52 bits per heavy atom. The Balaban J connectivity index is 1.87. The van der Waals surface area contributed by atoms with Crippen LogP contribution in [-0.2, 0) is 21.8 Å². The normalized spacial score (nSPS) is 21.0. The van der Waals surface area contributed by atoms with Crippen LogP contribution < -0.4 is 4.72 Å². The van der Waals surface area contributed by atoms with Gasteiger partial charge in [-0.2, -0.15) is 5.10 Å². The molecule has 1 aromatic heterocycles. The molecule has 0 aromatic carbocycles. The molecule has 7 nitrogen and oxygen atoms in total. The quantitative estimate of drug-likeness (QED) is 0.803. The minimum Gasteiger partial charge on any atom is -0.374 e. The Morgan fingerprint density at radius 2 is 2.29 bits per heavy atom. The van der Waals surface area contributed by atoms with Gasteiger partial charge in [0, 0.05) is 39.4 Å². The summed E-state index contributed by atoms with van der Waals surface area (Å²) in [5.74, 6) is 0.593. The molecule has 1 aliphatic rings. The summed E-state index contributed by atoms with van der Waals surface area (Å²) < 4.78 is 33.9. The number of hydrogen-bond donors (Lipinski definition) is 1. The molecule has 1 aliphatic heterocycles. The topological polar surface area (TPSA) is 76.5 Å². The van der Waals surface area contributed by atoms with Crippen LogP contribution in [0.5, 0.6) is 0 Å². The monoisotopic (exact) mass is 316 g/mol. The van der Waals surface area contributed by atoms with Crippen molar-refractivity contribution >= 4 is 10.0 Å². The Labute approximate surface area is 126 Å². The Bertz CT molecular complexity index is 556. The molecule has 0 aliphatic carbocycles. The van der Waals surface area contributed by atoms with Crippen molar-refractivity contribution in [2.75, 3.05) is 32.8 Å². The zero-order chi connectivity index (χ0) is 15.5. The van der Waals surface area contributed by atoms with Crippen LogP contribution in [0.2, 0.25) is 0 Å². The first-order chi connectivity index (χ1) is 9.87. The molecule has 0 radical (unpaired) electrons. The van der Waals surface area contributed by atoms with E-state index in [2.05, 4.69) is 28.6 Å². The molecule has 0 saturated carbocycles. The number of aromatic nitrogens is 2. The van der Waals surface area contributed by atoms with E-state index in [1.807, 2.05) is 0 Å². The molecule has 1 atom stereocenters. The number of aryl methyl sites for hydroxylation is 1. The fourth-order valence-corrected chi connectivity index (χ4v) is 3.46. The van der Waals surface area contributed by atoms with Crippen LogP contribution in [0.3, 0.4) is 0 Å². The summed E-state index contributed by atoms with van der Waals surface area (Å²) in [7, 11) is -1.82. The average molecular weight is 316 g/mol. The van der Waals surface area contributed by atoms with Gasteiger partial charge in [0.1, 0.15) is 4.90 Å². The van der Waals surface area contributed by atoms with Crippen molar-refractivity contribution in [3.63, 3.8) is 0 Å². The summed E-state index contributed by atoms with van der Waals surface area (Å²) in [6.45, 7) is 7.95. The third-order valence-corrected chi connectivity index (χ3v) is 4.72. The SMILES string of the molecule is CC(C)CN1CCO[C@@H](CNS(=O)(=O)c2cnn(C)c2)C1. The summed E-state index contributed by atoms with van der Waals surface area (Å²) in [4.78, 5) is 2.50. The van der Waals surface area contributed by atoms with Crippen molar-refractivity contribution in [1.29, 1.82) is 0 Å². The number of morpholine rings is 1. The van der Waals surface area contributed by atoms with E-state index >= 15 is 0 Å². The highest BCUT2D eigenvalue weighted by molar-refractivity contribution is 7.89. The lowest BCUT2D eigenvalue weighted by Gasteiger charge is -2.33. The Kier molecular flexibility index (Phi) is 5.37. The standard InChI is InChI=1S/C13H24N4O3S/c1-11(2)8-17-4-5-20-12(9-17)6-15-21(18,19)13-7-14-16(3)10-13/h7,10-12,15H,4-6,8-9H2,1-3H3/t12-/m0/s1. The second-order valence-electron chi connectivity index (χ2n) is 5.85. The molecule has 120 valence electrons. The largest absolute Gasteiger partial charge is 0.374 e. The maximum absolute atomic E-state index is 12.1. The van der Waals surface area contributed by atoms with Crippen LogP contribution in [-0.4, -0.2) is 62.0 Å². The first kappa shape index (κ1) is 16.4. The Morgan fingerprint density at radius 3 is 2.90 bits per heavy atom. The first-order valence-electron chi connectivity index (χ1n) is 7.19. The molecule has 1 fully saturated rings. The van der Waals surface area contributed by atoms with Crippen molar-refractivity contribution in [3.8, 4) is 0 Å². The third-order valence-electron chi connectivity index (χ3n) is 3.34. The van der Waals surface area contributed by atoms with Crippen LogP contribution >= 0.6 is 0 Å². The molecule has 2 heterocycles. The van der Waals surface area contributed by atoms with Crippen molar-refractivity contribution in [3.05, 3.63) is 12.4 Å². The fraction of sp³-hybridized carbons (Fsp3) is 0.769. The van der Waals surface area contributed by atoms with Gasteiger partial charge >= 0.3 is 0 Å². The highest BCUT2D eigenvalue weighted by Crippen LogP contribution is 2.10. The molecule has 0 bridgehead atoms. The number of rotatable bonds is 6. The molecule has 0 unspecified atom stereocenters. The first-order valence-corrected chi connectivity index (χ1v) is 8.67. The second-order valence-corrected chi connectivity index (χ2v) is 7.61. The summed E-state index contributed by atoms with van der Waals surface area (Å²) in [6.07, 6.45) is 2.72. The van der Waals surface area contributed by atoms with Gasteiger partial charge in [0.25, 0.3) is 0 Å². The molecular formula is C13H24N4O3S. The van der Waals surface area contributed by atoms with Crippen molar-refractivity contribution in [1.82, 2.24) is 19.4 Å². The highest BCUT2D eigenvalue weighted by Gasteiger charge is 2.23. The zero-order valence-electron chi connectivity index (χ0n) is 12.8. The van der Waals surface area contributed by atoms with Crippen LogP contribution in [0.25, 0.3) is 0 Å². The van der Waals surface area contributed by atoms with E-state index in [-0.39, 0.29) is 17.5 Å². The van der Waals surface area contributed by atoms with Crippen LogP contribution in [0, 0.1) is 5.92 Å². The van der Waals surface area contributed by atoms with Gasteiger partial charge in [-0.15, -0.1) is 0 Å². The van der Waals surface area contributed by atoms with E-state index in [0.717, 1.165) is 19.6 Å². The lowest BCUT2D eigenvalue weighted by atomic mass is 10.2. The smallest absolute Gasteiger partial charge is 0.243 e. The van der Waals surface area contributed by atoms with E-state index in [1.54, 1.807) is 7.05 Å². The predicted octanol–water partition coefficient (Wildman–Crippen LogP) is 0.0552. The summed E-state index contributed by atoms with van der Waals surface area (Å²) in [5.41, 5.74) is 0. The predicted molar refractivity (Wildman–Crippen MR) is 79.4 cm³/mol. The van der Waals surface area contributed by atoms with E-state index in [1.165, 1.54) is 17.1 Å². The number of nitrogens with one attached hydrogen (secondary N) is 1. The molecule has 1 aromatic rings. The lowest BCUT2D eigenvalue weighted by Crippen LogP contribution is -2.48. The zero-order valence-corrected chi connectivity index (χ0v) is 13.6. The summed E-state index contributed by atoms with van der Waals surface area (Å²) in [6, 6.07) is 0. The van der Waals surface area contributed by atoms with Crippen molar-refractivity contribution in [2.45, 2.75) is 24.8 Å². The van der Waals surface area contributed by atoms with E-state index in [0.29, 0.717) is 12.5 Å². The lowest BCUT2D eigenvalue weighted by molar-refractivity contribution is -0.0280. The number of ether oxygens (including phenoxy) is 1. The molecular weight excluding hydrogens is 292 g/mol. The van der Waals surface area contributed by atoms with E-state index in [4.69, 9.17) is 4.74 Å². The molecule has 0 amide bonds. The number of nitrogens with zero attached hydrogens (tertiary/aromatic N) is 3. The van der Waals surface area contributed by atoms with Crippen LogP contribution in [0.4, 0.5) is 0 Å². The van der Waals surface area contributed by atoms with Gasteiger partial charge in [0.05, 0.1) is 18.9 Å². The van der Waals surface area contributed by atoms with Gasteiger partial charge in [-0.05, 0) is 5.92 Å². The summed E-state index contributed by atoms with van der Waals surface area (Å²) in [5, 5.41) is 3.88. The molecule has 8 heteroatoms. The van der Waals surface area contributed by atoms with Gasteiger partial charge in [-0.1, -0.05) is 13.8 Å². The molecule has 1 saturated heterocycles. The second kappa shape index (κ2) is 6.87. The van der Waals surface area contributed by atoms with E-state index < -0.39 is 10.0 Å². The maximum atomic E-state index is 12.1. The number of hydrogen-bond acceptors (Lipinski definition) is 5. The number of sulfonamides is 1. The average Bonchev–Trinajstić information content (AvgIpc) is 2.84. The molecule has 0 spiro atoms. The maximum Gasteiger partial charge on any atom is 0.243 e. The minimum absolute atomic E-state index is 0.107. The fourth-order valence-electron chi connectivity index (χ4n) is 2.41. The van der Waals surface area contributed by atoms with Gasteiger partial charge < -0.3 is 4.74 Å².